The predicted octanol–water partition coefficient (Wildman–Crippen LogP) is 2.33. The molecule has 142 valence electrons. The number of carbonyl (C=O) groups is 1. The van der Waals surface area contributed by atoms with E-state index in [1.807, 2.05) is 6.92 Å². The van der Waals surface area contributed by atoms with Gasteiger partial charge in [0.05, 0.1) is 9.82 Å². The van der Waals surface area contributed by atoms with Crippen molar-refractivity contribution in [2.45, 2.75) is 24.8 Å². The van der Waals surface area contributed by atoms with Crippen molar-refractivity contribution in [2.75, 3.05) is 18.0 Å². The van der Waals surface area contributed by atoms with E-state index in [1.54, 1.807) is 19.1 Å². The lowest BCUT2D eigenvalue weighted by molar-refractivity contribution is -0.384. The molecular formula is C18H19N3O5S. The number of carbonyl (C=O) groups excluding carboxylic acids is 1. The molecule has 3 rings (SSSR count). The first-order valence-corrected chi connectivity index (χ1v) is 9.80. The number of anilines is 1. The van der Waals surface area contributed by atoms with Gasteiger partial charge in [-0.1, -0.05) is 17.7 Å². The molecule has 1 atom stereocenters. The third-order valence-electron chi connectivity index (χ3n) is 4.60. The van der Waals surface area contributed by atoms with Crippen molar-refractivity contribution in [1.82, 2.24) is 4.31 Å². The minimum Gasteiger partial charge on any atom is -0.310 e. The fourth-order valence-electron chi connectivity index (χ4n) is 3.04. The number of amides is 1. The fourth-order valence-corrected chi connectivity index (χ4v) is 4.62. The van der Waals surface area contributed by atoms with Crippen molar-refractivity contribution < 1.29 is 18.1 Å². The Morgan fingerprint density at radius 2 is 1.63 bits per heavy atom. The van der Waals surface area contributed by atoms with Crippen LogP contribution in [0.3, 0.4) is 0 Å². The molecule has 2 aromatic carbocycles. The van der Waals surface area contributed by atoms with Gasteiger partial charge in [-0.3, -0.25) is 14.9 Å². The van der Waals surface area contributed by atoms with Gasteiger partial charge in [-0.2, -0.15) is 4.31 Å². The summed E-state index contributed by atoms with van der Waals surface area (Å²) in [5.74, 6) is -0.370. The second-order valence-electron chi connectivity index (χ2n) is 6.37. The van der Waals surface area contributed by atoms with Gasteiger partial charge in [-0.25, -0.2) is 8.42 Å². The van der Waals surface area contributed by atoms with Crippen molar-refractivity contribution in [3.8, 4) is 0 Å². The standard InChI is InChI=1S/C18H19N3O5S/c1-13-3-9-17(10-4-13)27(25,26)20-12-11-19(18(22)14(20)2)15-5-7-16(8-6-15)21(23)24/h3-10,14H,11-12H2,1-2H3. The lowest BCUT2D eigenvalue weighted by Gasteiger charge is -2.38. The zero-order valence-electron chi connectivity index (χ0n) is 14.9. The maximum Gasteiger partial charge on any atom is 0.269 e. The summed E-state index contributed by atoms with van der Waals surface area (Å²) in [7, 11) is -3.79. The molecule has 1 saturated heterocycles. The van der Waals surface area contributed by atoms with Crippen LogP contribution in [0.4, 0.5) is 11.4 Å². The van der Waals surface area contributed by atoms with Crippen LogP contribution < -0.4 is 4.90 Å². The zero-order chi connectivity index (χ0) is 19.8. The molecule has 0 bridgehead atoms. The Hall–Kier alpha value is -2.78. The van der Waals surface area contributed by atoms with Gasteiger partial charge in [0.25, 0.3) is 5.69 Å². The number of non-ortho nitro benzene ring substituents is 1. The molecule has 1 amide bonds. The summed E-state index contributed by atoms with van der Waals surface area (Å²) in [5.41, 5.74) is 1.38. The molecular weight excluding hydrogens is 370 g/mol. The number of nitrogens with zero attached hydrogens (tertiary/aromatic N) is 3. The fraction of sp³-hybridized carbons (Fsp3) is 0.278. The molecule has 0 saturated carbocycles. The Labute approximate surface area is 157 Å². The highest BCUT2D eigenvalue weighted by atomic mass is 32.2. The van der Waals surface area contributed by atoms with Crippen molar-refractivity contribution in [3.05, 3.63) is 64.2 Å². The third kappa shape index (κ3) is 3.56. The molecule has 1 aliphatic heterocycles. The lowest BCUT2D eigenvalue weighted by atomic mass is 10.2. The van der Waals surface area contributed by atoms with Gasteiger partial charge in [0.15, 0.2) is 0 Å². The number of nitro groups is 1. The zero-order valence-corrected chi connectivity index (χ0v) is 15.7. The SMILES string of the molecule is Cc1ccc(S(=O)(=O)N2CCN(c3ccc([N+](=O)[O-])cc3)C(=O)C2C)cc1. The van der Waals surface area contributed by atoms with Crippen molar-refractivity contribution in [3.63, 3.8) is 0 Å². The van der Waals surface area contributed by atoms with Crippen LogP contribution in [0.2, 0.25) is 0 Å². The van der Waals surface area contributed by atoms with Gasteiger partial charge in [-0.15, -0.1) is 0 Å². The molecule has 2 aromatic rings. The first-order valence-electron chi connectivity index (χ1n) is 8.36. The van der Waals surface area contributed by atoms with Gasteiger partial charge in [0.2, 0.25) is 15.9 Å². The van der Waals surface area contributed by atoms with E-state index in [0.29, 0.717) is 5.69 Å². The third-order valence-corrected chi connectivity index (χ3v) is 6.58. The van der Waals surface area contributed by atoms with Gasteiger partial charge in [0, 0.05) is 30.9 Å². The number of nitro benzene ring substituents is 1. The summed E-state index contributed by atoms with van der Waals surface area (Å²) in [4.78, 5) is 24.6. The van der Waals surface area contributed by atoms with Crippen LogP contribution in [0.5, 0.6) is 0 Å². The Balaban J connectivity index is 1.83. The topological polar surface area (TPSA) is 101 Å². The quantitative estimate of drug-likeness (QED) is 0.590. The highest BCUT2D eigenvalue weighted by Gasteiger charge is 2.39. The maximum atomic E-state index is 12.9. The maximum absolute atomic E-state index is 12.9. The van der Waals surface area contributed by atoms with E-state index in [2.05, 4.69) is 0 Å². The molecule has 1 unspecified atom stereocenters. The summed E-state index contributed by atoms with van der Waals surface area (Å²) in [6, 6.07) is 11.2. The molecule has 0 N–H and O–H groups in total. The molecule has 9 heteroatoms. The van der Waals surface area contributed by atoms with Crippen LogP contribution in [0.1, 0.15) is 12.5 Å². The minimum atomic E-state index is -3.79. The predicted molar refractivity (Wildman–Crippen MR) is 100.0 cm³/mol. The number of hydrogen-bond acceptors (Lipinski definition) is 5. The van der Waals surface area contributed by atoms with Crippen LogP contribution in [0.25, 0.3) is 0 Å². The van der Waals surface area contributed by atoms with E-state index in [4.69, 9.17) is 0 Å². The van der Waals surface area contributed by atoms with Crippen LogP contribution in [-0.2, 0) is 14.8 Å². The smallest absolute Gasteiger partial charge is 0.269 e. The first-order chi connectivity index (χ1) is 12.7. The first kappa shape index (κ1) is 19.0. The Bertz CT molecular complexity index is 971. The second kappa shape index (κ2) is 7.09. The Morgan fingerprint density at radius 3 is 2.19 bits per heavy atom. The summed E-state index contributed by atoms with van der Waals surface area (Å²) in [6.45, 7) is 3.73. The number of aryl methyl sites for hydroxylation is 1. The molecule has 27 heavy (non-hydrogen) atoms. The lowest BCUT2D eigenvalue weighted by Crippen LogP contribution is -2.57. The Morgan fingerprint density at radius 1 is 1.04 bits per heavy atom. The van der Waals surface area contributed by atoms with Gasteiger partial charge >= 0.3 is 0 Å². The van der Waals surface area contributed by atoms with Gasteiger partial charge < -0.3 is 4.90 Å². The highest BCUT2D eigenvalue weighted by molar-refractivity contribution is 7.89. The Kier molecular flexibility index (Phi) is 4.99. The van der Waals surface area contributed by atoms with Crippen molar-refractivity contribution in [2.24, 2.45) is 0 Å². The summed E-state index contributed by atoms with van der Waals surface area (Å²) < 4.78 is 27.0. The number of piperazine rings is 1. The number of benzene rings is 2. The number of hydrogen-bond donors (Lipinski definition) is 0. The number of sulfonamides is 1. The summed E-state index contributed by atoms with van der Waals surface area (Å²) in [6.07, 6.45) is 0. The largest absolute Gasteiger partial charge is 0.310 e. The van der Waals surface area contributed by atoms with E-state index in [-0.39, 0.29) is 29.6 Å². The molecule has 0 spiro atoms. The summed E-state index contributed by atoms with van der Waals surface area (Å²) >= 11 is 0. The average molecular weight is 389 g/mol. The van der Waals surface area contributed by atoms with Crippen molar-refractivity contribution >= 4 is 27.3 Å². The van der Waals surface area contributed by atoms with E-state index < -0.39 is 21.0 Å². The molecule has 1 heterocycles. The number of rotatable bonds is 4. The normalized spacial score (nSPS) is 18.5. The van der Waals surface area contributed by atoms with E-state index in [9.17, 15) is 23.3 Å². The van der Waals surface area contributed by atoms with Crippen LogP contribution in [0, 0.1) is 17.0 Å². The molecule has 1 aliphatic rings. The van der Waals surface area contributed by atoms with Crippen molar-refractivity contribution in [1.29, 1.82) is 0 Å². The van der Waals surface area contributed by atoms with Crippen LogP contribution >= 0.6 is 0 Å². The monoisotopic (exact) mass is 389 g/mol. The van der Waals surface area contributed by atoms with Gasteiger partial charge in [0.1, 0.15) is 6.04 Å². The molecule has 0 aromatic heterocycles. The molecule has 0 aliphatic carbocycles. The van der Waals surface area contributed by atoms with Crippen LogP contribution in [-0.4, -0.2) is 42.7 Å². The van der Waals surface area contributed by atoms with Crippen LogP contribution in [0.15, 0.2) is 53.4 Å². The summed E-state index contributed by atoms with van der Waals surface area (Å²) in [5, 5.41) is 10.8. The average Bonchev–Trinajstić information content (AvgIpc) is 2.64. The molecule has 1 fully saturated rings. The van der Waals surface area contributed by atoms with E-state index >= 15 is 0 Å². The highest BCUT2D eigenvalue weighted by Crippen LogP contribution is 2.27. The second-order valence-corrected chi connectivity index (χ2v) is 8.26. The van der Waals surface area contributed by atoms with Gasteiger partial charge in [-0.05, 0) is 38.1 Å². The molecule has 0 radical (unpaired) electrons. The molecule has 8 nitrogen and oxygen atoms in total. The van der Waals surface area contributed by atoms with E-state index in [1.165, 1.54) is 45.6 Å². The van der Waals surface area contributed by atoms with E-state index in [0.717, 1.165) is 5.56 Å². The minimum absolute atomic E-state index is 0.0696.